The summed E-state index contributed by atoms with van der Waals surface area (Å²) in [7, 11) is 0. The van der Waals surface area contributed by atoms with Gasteiger partial charge in [0.15, 0.2) is 0 Å². The van der Waals surface area contributed by atoms with Gasteiger partial charge in [-0.25, -0.2) is 4.79 Å². The second-order valence-corrected chi connectivity index (χ2v) is 5.95. The van der Waals surface area contributed by atoms with E-state index in [9.17, 15) is 9.59 Å². The molecule has 1 aromatic carbocycles. The number of nitrogens with one attached hydrogen (secondary N) is 1. The molecule has 0 saturated carbocycles. The lowest BCUT2D eigenvalue weighted by atomic mass is 10.1. The van der Waals surface area contributed by atoms with Gasteiger partial charge in [-0.2, -0.15) is 0 Å². The zero-order valence-corrected chi connectivity index (χ0v) is 14.3. The van der Waals surface area contributed by atoms with Gasteiger partial charge in [-0.05, 0) is 42.0 Å². The highest BCUT2D eigenvalue weighted by Crippen LogP contribution is 2.17. The molecule has 27 heavy (non-hydrogen) atoms. The Labute approximate surface area is 154 Å². The van der Waals surface area contributed by atoms with Crippen LogP contribution in [0.4, 0.5) is 0 Å². The molecule has 3 aromatic heterocycles. The van der Waals surface area contributed by atoms with Crippen LogP contribution in [-0.4, -0.2) is 15.9 Å². The lowest BCUT2D eigenvalue weighted by molar-refractivity contribution is 0.0947. The molecule has 1 N–H and O–H groups in total. The Morgan fingerprint density at radius 2 is 1.81 bits per heavy atom. The first-order chi connectivity index (χ1) is 13.2. The molecule has 4 aromatic rings. The first kappa shape index (κ1) is 16.7. The van der Waals surface area contributed by atoms with Crippen LogP contribution in [0.5, 0.6) is 0 Å². The maximum atomic E-state index is 12.4. The summed E-state index contributed by atoms with van der Waals surface area (Å²) in [6.45, 7) is 0.270. The van der Waals surface area contributed by atoms with E-state index in [0.717, 1.165) is 16.8 Å². The number of para-hydroxylation sites is 1. The predicted molar refractivity (Wildman–Crippen MR) is 101 cm³/mol. The van der Waals surface area contributed by atoms with Crippen molar-refractivity contribution in [1.82, 2.24) is 15.3 Å². The van der Waals surface area contributed by atoms with Crippen LogP contribution >= 0.6 is 0 Å². The average Bonchev–Trinajstić information content (AvgIpc) is 2.72. The molecule has 1 amide bonds. The van der Waals surface area contributed by atoms with Crippen molar-refractivity contribution in [3.63, 3.8) is 0 Å². The summed E-state index contributed by atoms with van der Waals surface area (Å²) in [4.78, 5) is 32.9. The van der Waals surface area contributed by atoms with E-state index in [4.69, 9.17) is 4.42 Å². The van der Waals surface area contributed by atoms with Gasteiger partial charge >= 0.3 is 5.63 Å². The minimum Gasteiger partial charge on any atom is -0.422 e. The molecular formula is C21H15N3O3. The number of hydrogen-bond acceptors (Lipinski definition) is 5. The summed E-state index contributed by atoms with van der Waals surface area (Å²) < 4.78 is 5.21. The molecule has 0 aliphatic rings. The maximum absolute atomic E-state index is 12.4. The SMILES string of the molecule is O=C(NCc1ccnc(-c2ccncc2)c1)c1cc2ccccc2oc1=O. The Bertz CT molecular complexity index is 1170. The number of fused-ring (bicyclic) bond motifs is 1. The Hall–Kier alpha value is -3.80. The van der Waals surface area contributed by atoms with E-state index in [2.05, 4.69) is 15.3 Å². The number of hydrogen-bond donors (Lipinski definition) is 1. The molecule has 4 rings (SSSR count). The van der Waals surface area contributed by atoms with Crippen molar-refractivity contribution < 1.29 is 9.21 Å². The van der Waals surface area contributed by atoms with Gasteiger partial charge < -0.3 is 9.73 Å². The molecule has 0 fully saturated rings. The predicted octanol–water partition coefficient (Wildman–Crippen LogP) is 3.18. The monoisotopic (exact) mass is 357 g/mol. The van der Waals surface area contributed by atoms with Crippen molar-refractivity contribution in [2.45, 2.75) is 6.54 Å². The second kappa shape index (κ2) is 7.21. The van der Waals surface area contributed by atoms with Crippen LogP contribution in [0.2, 0.25) is 0 Å². The molecule has 6 heteroatoms. The van der Waals surface area contributed by atoms with Crippen LogP contribution in [-0.2, 0) is 6.54 Å². The van der Waals surface area contributed by atoms with E-state index >= 15 is 0 Å². The fourth-order valence-corrected chi connectivity index (χ4v) is 2.76. The number of benzene rings is 1. The lowest BCUT2D eigenvalue weighted by Gasteiger charge is -2.07. The van der Waals surface area contributed by atoms with E-state index in [1.54, 1.807) is 42.9 Å². The highest BCUT2D eigenvalue weighted by Gasteiger charge is 2.13. The van der Waals surface area contributed by atoms with Crippen LogP contribution in [0.3, 0.4) is 0 Å². The minimum atomic E-state index is -0.654. The Morgan fingerprint density at radius 1 is 1.00 bits per heavy atom. The molecule has 0 bridgehead atoms. The Balaban J connectivity index is 1.53. The van der Waals surface area contributed by atoms with E-state index in [0.29, 0.717) is 11.0 Å². The largest absolute Gasteiger partial charge is 0.422 e. The number of aromatic nitrogens is 2. The van der Waals surface area contributed by atoms with Crippen LogP contribution in [0.1, 0.15) is 15.9 Å². The van der Waals surface area contributed by atoms with Crippen molar-refractivity contribution >= 4 is 16.9 Å². The van der Waals surface area contributed by atoms with Crippen LogP contribution in [0.15, 0.2) is 82.4 Å². The molecular weight excluding hydrogens is 342 g/mol. The maximum Gasteiger partial charge on any atom is 0.349 e. The topological polar surface area (TPSA) is 85.1 Å². The molecule has 0 radical (unpaired) electrons. The third-order valence-electron chi connectivity index (χ3n) is 4.14. The van der Waals surface area contributed by atoms with E-state index in [1.807, 2.05) is 30.3 Å². The standard InChI is InChI=1S/C21H15N3O3/c25-20(17-12-16-3-1-2-4-19(16)27-21(17)26)24-13-14-5-10-23-18(11-14)15-6-8-22-9-7-15/h1-12H,13H2,(H,24,25). The van der Waals surface area contributed by atoms with Crippen molar-refractivity contribution in [2.24, 2.45) is 0 Å². The summed E-state index contributed by atoms with van der Waals surface area (Å²) in [5.74, 6) is -0.475. The summed E-state index contributed by atoms with van der Waals surface area (Å²) >= 11 is 0. The van der Waals surface area contributed by atoms with Crippen LogP contribution in [0, 0.1) is 0 Å². The highest BCUT2D eigenvalue weighted by molar-refractivity contribution is 5.96. The first-order valence-corrected chi connectivity index (χ1v) is 8.37. The van der Waals surface area contributed by atoms with E-state index < -0.39 is 11.5 Å². The normalized spacial score (nSPS) is 10.7. The van der Waals surface area contributed by atoms with Gasteiger partial charge in [0, 0.05) is 36.1 Å². The number of rotatable bonds is 4. The smallest absolute Gasteiger partial charge is 0.349 e. The number of carbonyl (C=O) groups excluding carboxylic acids is 1. The second-order valence-electron chi connectivity index (χ2n) is 5.95. The van der Waals surface area contributed by atoms with Crippen molar-refractivity contribution in [1.29, 1.82) is 0 Å². The first-order valence-electron chi connectivity index (χ1n) is 8.37. The van der Waals surface area contributed by atoms with Crippen LogP contribution < -0.4 is 10.9 Å². The zero-order chi connectivity index (χ0) is 18.6. The van der Waals surface area contributed by atoms with Gasteiger partial charge in [-0.15, -0.1) is 0 Å². The van der Waals surface area contributed by atoms with Crippen molar-refractivity contribution in [3.05, 3.63) is 94.7 Å². The summed E-state index contributed by atoms with van der Waals surface area (Å²) in [6, 6.07) is 16.1. The third-order valence-corrected chi connectivity index (χ3v) is 4.14. The minimum absolute atomic E-state index is 0.0166. The van der Waals surface area contributed by atoms with E-state index in [1.165, 1.54) is 0 Å². The number of carbonyl (C=O) groups is 1. The number of pyridine rings is 2. The van der Waals surface area contributed by atoms with Crippen molar-refractivity contribution in [2.75, 3.05) is 0 Å². The van der Waals surface area contributed by atoms with Gasteiger partial charge in [0.25, 0.3) is 5.91 Å². The summed E-state index contributed by atoms with van der Waals surface area (Å²) in [6.07, 6.45) is 5.08. The highest BCUT2D eigenvalue weighted by atomic mass is 16.4. The molecule has 0 atom stereocenters. The van der Waals surface area contributed by atoms with Gasteiger partial charge in [0.2, 0.25) is 0 Å². The van der Waals surface area contributed by atoms with Crippen molar-refractivity contribution in [3.8, 4) is 11.3 Å². The Morgan fingerprint density at radius 3 is 2.67 bits per heavy atom. The number of amides is 1. The third kappa shape index (κ3) is 3.59. The quantitative estimate of drug-likeness (QED) is 0.567. The molecule has 0 unspecified atom stereocenters. The molecule has 6 nitrogen and oxygen atoms in total. The van der Waals surface area contributed by atoms with Gasteiger partial charge in [0.1, 0.15) is 11.1 Å². The molecule has 0 aliphatic heterocycles. The molecule has 3 heterocycles. The van der Waals surface area contributed by atoms with Gasteiger partial charge in [-0.3, -0.25) is 14.8 Å². The summed E-state index contributed by atoms with van der Waals surface area (Å²) in [5.41, 5.74) is 2.38. The van der Waals surface area contributed by atoms with E-state index in [-0.39, 0.29) is 12.1 Å². The summed E-state index contributed by atoms with van der Waals surface area (Å²) in [5, 5.41) is 3.46. The molecule has 0 spiro atoms. The van der Waals surface area contributed by atoms with Crippen LogP contribution in [0.25, 0.3) is 22.2 Å². The lowest BCUT2D eigenvalue weighted by Crippen LogP contribution is -2.27. The fourth-order valence-electron chi connectivity index (χ4n) is 2.76. The molecule has 132 valence electrons. The fraction of sp³-hybridized carbons (Fsp3) is 0.0476. The number of nitrogens with zero attached hydrogens (tertiary/aromatic N) is 2. The van der Waals surface area contributed by atoms with Gasteiger partial charge in [-0.1, -0.05) is 18.2 Å². The molecule has 0 aliphatic carbocycles. The van der Waals surface area contributed by atoms with Gasteiger partial charge in [0.05, 0.1) is 5.69 Å². The average molecular weight is 357 g/mol. The Kier molecular flexibility index (Phi) is 4.45. The zero-order valence-electron chi connectivity index (χ0n) is 14.3. The molecule has 0 saturated heterocycles.